The quantitative estimate of drug-likeness (QED) is 0.687. The molecule has 0 atom stereocenters. The molecule has 2 amide bonds. The Kier molecular flexibility index (Phi) is 6.46. The second-order valence-electron chi connectivity index (χ2n) is 7.03. The second-order valence-corrected chi connectivity index (χ2v) is 7.97. The molecule has 1 saturated carbocycles. The first-order valence-corrected chi connectivity index (χ1v) is 10.1. The van der Waals surface area contributed by atoms with E-state index in [9.17, 15) is 22.8 Å². The van der Waals surface area contributed by atoms with Crippen LogP contribution in [0.1, 0.15) is 37.0 Å². The van der Waals surface area contributed by atoms with Gasteiger partial charge in [-0.2, -0.15) is 0 Å². The number of thiophene rings is 1. The first-order valence-electron chi connectivity index (χ1n) is 9.26. The van der Waals surface area contributed by atoms with Gasteiger partial charge in [0.15, 0.2) is 0 Å². The SMILES string of the molecule is O=C(NCC1(c2cccs2)CCCCC1)C(=O)Nc1ccc(OC(F)(F)F)cc1. The van der Waals surface area contributed by atoms with Gasteiger partial charge >= 0.3 is 18.2 Å². The highest BCUT2D eigenvalue weighted by molar-refractivity contribution is 7.10. The Bertz CT molecular complexity index is 830. The van der Waals surface area contributed by atoms with Crippen molar-refractivity contribution in [3.8, 4) is 5.75 Å². The maximum absolute atomic E-state index is 12.3. The number of anilines is 1. The van der Waals surface area contributed by atoms with Gasteiger partial charge in [-0.15, -0.1) is 24.5 Å². The number of carbonyl (C=O) groups excluding carboxylic acids is 2. The molecular formula is C20H21F3N2O3S. The van der Waals surface area contributed by atoms with Crippen LogP contribution < -0.4 is 15.4 Å². The Labute approximate surface area is 170 Å². The van der Waals surface area contributed by atoms with Crippen molar-refractivity contribution in [3.63, 3.8) is 0 Å². The highest BCUT2D eigenvalue weighted by atomic mass is 32.1. The molecular weight excluding hydrogens is 405 g/mol. The van der Waals surface area contributed by atoms with E-state index < -0.39 is 23.9 Å². The predicted octanol–water partition coefficient (Wildman–Crippen LogP) is 4.60. The lowest BCUT2D eigenvalue weighted by atomic mass is 9.73. The average molecular weight is 426 g/mol. The minimum Gasteiger partial charge on any atom is -0.406 e. The van der Waals surface area contributed by atoms with E-state index in [0.717, 1.165) is 44.2 Å². The Morgan fingerprint density at radius 2 is 1.72 bits per heavy atom. The summed E-state index contributed by atoms with van der Waals surface area (Å²) >= 11 is 1.65. The molecule has 1 aromatic heterocycles. The van der Waals surface area contributed by atoms with Crippen molar-refractivity contribution in [1.82, 2.24) is 5.32 Å². The van der Waals surface area contributed by atoms with E-state index in [4.69, 9.17) is 0 Å². The number of nitrogens with one attached hydrogen (secondary N) is 2. The summed E-state index contributed by atoms with van der Waals surface area (Å²) in [6, 6.07) is 8.65. The number of hydrogen-bond acceptors (Lipinski definition) is 4. The van der Waals surface area contributed by atoms with E-state index in [1.54, 1.807) is 11.3 Å². The third-order valence-electron chi connectivity index (χ3n) is 4.99. The van der Waals surface area contributed by atoms with Gasteiger partial charge in [0.05, 0.1) is 0 Å². The summed E-state index contributed by atoms with van der Waals surface area (Å²) in [4.78, 5) is 25.6. The molecule has 156 valence electrons. The standard InChI is InChI=1S/C20H21F3N2O3S/c21-20(22,23)28-15-8-6-14(7-9-15)25-18(27)17(26)24-13-19(10-2-1-3-11-19)16-5-4-12-29-16/h4-9,12H,1-3,10-11,13H2,(H,24,26)(H,25,27). The summed E-state index contributed by atoms with van der Waals surface area (Å²) in [6.07, 6.45) is 0.433. The average Bonchev–Trinajstić information content (AvgIpc) is 3.23. The van der Waals surface area contributed by atoms with Crippen molar-refractivity contribution < 1.29 is 27.5 Å². The molecule has 2 N–H and O–H groups in total. The predicted molar refractivity (Wildman–Crippen MR) is 104 cm³/mol. The molecule has 5 nitrogen and oxygen atoms in total. The summed E-state index contributed by atoms with van der Waals surface area (Å²) in [6.45, 7) is 0.373. The fraction of sp³-hybridized carbons (Fsp3) is 0.400. The maximum atomic E-state index is 12.3. The molecule has 1 heterocycles. The van der Waals surface area contributed by atoms with Crippen LogP contribution in [0.2, 0.25) is 0 Å². The Morgan fingerprint density at radius 3 is 2.31 bits per heavy atom. The lowest BCUT2D eigenvalue weighted by molar-refractivity contribution is -0.274. The number of amides is 2. The normalized spacial score (nSPS) is 16.1. The number of hydrogen-bond donors (Lipinski definition) is 2. The Morgan fingerprint density at radius 1 is 1.03 bits per heavy atom. The highest BCUT2D eigenvalue weighted by Gasteiger charge is 2.35. The van der Waals surface area contributed by atoms with Crippen molar-refractivity contribution in [2.75, 3.05) is 11.9 Å². The fourth-order valence-electron chi connectivity index (χ4n) is 3.58. The zero-order valence-corrected chi connectivity index (χ0v) is 16.4. The van der Waals surface area contributed by atoms with Crippen LogP contribution in [-0.4, -0.2) is 24.7 Å². The van der Waals surface area contributed by atoms with E-state index in [2.05, 4.69) is 21.4 Å². The molecule has 0 spiro atoms. The molecule has 1 fully saturated rings. The number of carbonyl (C=O) groups is 2. The van der Waals surface area contributed by atoms with Crippen molar-refractivity contribution in [3.05, 3.63) is 46.7 Å². The van der Waals surface area contributed by atoms with Crippen LogP contribution in [0.3, 0.4) is 0 Å². The van der Waals surface area contributed by atoms with Gasteiger partial charge in [-0.25, -0.2) is 0 Å². The molecule has 1 aliphatic rings. The summed E-state index contributed by atoms with van der Waals surface area (Å²) in [7, 11) is 0. The zero-order chi connectivity index (χ0) is 20.9. The lowest BCUT2D eigenvalue weighted by Crippen LogP contribution is -2.45. The Balaban J connectivity index is 1.57. The lowest BCUT2D eigenvalue weighted by Gasteiger charge is -2.36. The van der Waals surface area contributed by atoms with Gasteiger partial charge in [0, 0.05) is 22.5 Å². The molecule has 29 heavy (non-hydrogen) atoms. The van der Waals surface area contributed by atoms with Crippen LogP contribution >= 0.6 is 11.3 Å². The largest absolute Gasteiger partial charge is 0.573 e. The van der Waals surface area contributed by atoms with Gasteiger partial charge in [0.25, 0.3) is 0 Å². The Hall–Kier alpha value is -2.55. The number of ether oxygens (including phenoxy) is 1. The fourth-order valence-corrected chi connectivity index (χ4v) is 4.56. The smallest absolute Gasteiger partial charge is 0.406 e. The molecule has 3 rings (SSSR count). The van der Waals surface area contributed by atoms with Crippen LogP contribution in [0.5, 0.6) is 5.75 Å². The number of halogens is 3. The van der Waals surface area contributed by atoms with Crippen LogP contribution in [0.25, 0.3) is 0 Å². The highest BCUT2D eigenvalue weighted by Crippen LogP contribution is 2.41. The van der Waals surface area contributed by atoms with E-state index in [1.165, 1.54) is 17.0 Å². The minimum absolute atomic E-state index is 0.154. The second kappa shape index (κ2) is 8.86. The summed E-state index contributed by atoms with van der Waals surface area (Å²) in [5, 5.41) is 7.11. The first kappa shape index (κ1) is 21.2. The third kappa shape index (κ3) is 5.72. The molecule has 0 bridgehead atoms. The van der Waals surface area contributed by atoms with E-state index in [0.29, 0.717) is 6.54 Å². The number of rotatable bonds is 5. The van der Waals surface area contributed by atoms with Crippen molar-refractivity contribution >= 4 is 28.8 Å². The zero-order valence-electron chi connectivity index (χ0n) is 15.6. The van der Waals surface area contributed by atoms with Gasteiger partial charge < -0.3 is 15.4 Å². The van der Waals surface area contributed by atoms with E-state index >= 15 is 0 Å². The van der Waals surface area contributed by atoms with Crippen LogP contribution in [0, 0.1) is 0 Å². The van der Waals surface area contributed by atoms with Crippen LogP contribution in [0.4, 0.5) is 18.9 Å². The number of alkyl halides is 3. The monoisotopic (exact) mass is 426 g/mol. The van der Waals surface area contributed by atoms with Gasteiger partial charge in [-0.3, -0.25) is 9.59 Å². The summed E-state index contributed by atoms with van der Waals surface area (Å²) in [5.74, 6) is -2.05. The maximum Gasteiger partial charge on any atom is 0.573 e. The van der Waals surface area contributed by atoms with Crippen molar-refractivity contribution in [1.29, 1.82) is 0 Å². The molecule has 9 heteroatoms. The van der Waals surface area contributed by atoms with Gasteiger partial charge in [0.1, 0.15) is 5.75 Å². The van der Waals surface area contributed by atoms with Crippen molar-refractivity contribution in [2.45, 2.75) is 43.9 Å². The minimum atomic E-state index is -4.79. The van der Waals surface area contributed by atoms with Crippen LogP contribution in [0.15, 0.2) is 41.8 Å². The van der Waals surface area contributed by atoms with Crippen LogP contribution in [-0.2, 0) is 15.0 Å². The summed E-state index contributed by atoms with van der Waals surface area (Å²) < 4.78 is 40.3. The third-order valence-corrected chi connectivity index (χ3v) is 6.11. The van der Waals surface area contributed by atoms with Gasteiger partial charge in [-0.1, -0.05) is 25.3 Å². The van der Waals surface area contributed by atoms with E-state index in [1.807, 2.05) is 11.4 Å². The molecule has 2 aromatic rings. The molecule has 0 unspecified atom stereocenters. The van der Waals surface area contributed by atoms with E-state index in [-0.39, 0.29) is 11.1 Å². The first-order chi connectivity index (χ1) is 13.8. The molecule has 0 saturated heterocycles. The molecule has 1 aromatic carbocycles. The topological polar surface area (TPSA) is 67.4 Å². The van der Waals surface area contributed by atoms with Gasteiger partial charge in [0.2, 0.25) is 0 Å². The van der Waals surface area contributed by atoms with Crippen molar-refractivity contribution in [2.24, 2.45) is 0 Å². The summed E-state index contributed by atoms with van der Waals surface area (Å²) in [5.41, 5.74) is 0.0455. The molecule has 0 radical (unpaired) electrons. The molecule has 0 aliphatic heterocycles. The number of benzene rings is 1. The molecule has 1 aliphatic carbocycles. The van der Waals surface area contributed by atoms with Gasteiger partial charge in [-0.05, 0) is 48.6 Å².